The summed E-state index contributed by atoms with van der Waals surface area (Å²) in [5, 5.41) is 1.05. The van der Waals surface area contributed by atoms with Gasteiger partial charge in [0, 0.05) is 17.0 Å². The monoisotopic (exact) mass is 253 g/mol. The Bertz CT molecular complexity index is 494. The largest absolute Gasteiger partial charge is 0.383 e. The molecule has 0 saturated carbocycles. The lowest BCUT2D eigenvalue weighted by Gasteiger charge is -2.07. The van der Waals surface area contributed by atoms with Crippen molar-refractivity contribution in [1.29, 1.82) is 0 Å². The number of aromatic nitrogens is 2. The molecule has 82 valence electrons. The van der Waals surface area contributed by atoms with E-state index in [0.29, 0.717) is 28.0 Å². The second-order valence-electron chi connectivity index (χ2n) is 3.30. The van der Waals surface area contributed by atoms with Gasteiger partial charge >= 0.3 is 0 Å². The average Bonchev–Trinajstić information content (AvgIpc) is 2.26. The van der Waals surface area contributed by atoms with Crippen LogP contribution in [0.4, 0.5) is 5.82 Å². The summed E-state index contributed by atoms with van der Waals surface area (Å²) < 4.78 is 0. The van der Waals surface area contributed by atoms with Gasteiger partial charge in [-0.05, 0) is 11.6 Å². The van der Waals surface area contributed by atoms with Crippen LogP contribution in [0.5, 0.6) is 0 Å². The van der Waals surface area contributed by atoms with E-state index in [1.807, 2.05) is 24.3 Å². The summed E-state index contributed by atoms with van der Waals surface area (Å²) in [7, 11) is 0. The van der Waals surface area contributed by atoms with E-state index < -0.39 is 0 Å². The number of anilines is 1. The van der Waals surface area contributed by atoms with Gasteiger partial charge in [-0.2, -0.15) is 0 Å². The molecule has 5 heteroatoms. The zero-order valence-electron chi connectivity index (χ0n) is 8.32. The van der Waals surface area contributed by atoms with Gasteiger partial charge < -0.3 is 5.73 Å². The number of nitrogen functional groups attached to an aromatic ring is 1. The van der Waals surface area contributed by atoms with Crippen LogP contribution in [0.1, 0.15) is 11.1 Å². The molecule has 0 radical (unpaired) electrons. The number of rotatable bonds is 2. The van der Waals surface area contributed by atoms with Crippen molar-refractivity contribution in [3.05, 3.63) is 51.9 Å². The maximum Gasteiger partial charge on any atom is 0.138 e. The Morgan fingerprint density at radius 2 is 1.88 bits per heavy atom. The Hall–Kier alpha value is -1.32. The molecule has 0 saturated heterocycles. The molecule has 0 atom stereocenters. The lowest BCUT2D eigenvalue weighted by Crippen LogP contribution is -2.01. The third kappa shape index (κ3) is 2.26. The molecular weight excluding hydrogens is 245 g/mol. The van der Waals surface area contributed by atoms with E-state index >= 15 is 0 Å². The number of halogens is 2. The van der Waals surface area contributed by atoms with Crippen LogP contribution in [-0.4, -0.2) is 9.97 Å². The molecule has 0 aliphatic heterocycles. The van der Waals surface area contributed by atoms with E-state index in [1.165, 1.54) is 6.33 Å². The summed E-state index contributed by atoms with van der Waals surface area (Å²) in [4.78, 5) is 7.80. The number of benzene rings is 1. The highest BCUT2D eigenvalue weighted by Gasteiger charge is 2.09. The lowest BCUT2D eigenvalue weighted by molar-refractivity contribution is 1.08. The van der Waals surface area contributed by atoms with Crippen LogP contribution < -0.4 is 5.73 Å². The highest BCUT2D eigenvalue weighted by molar-refractivity contribution is 6.31. The summed E-state index contributed by atoms with van der Waals surface area (Å²) in [5.41, 5.74) is 7.40. The minimum Gasteiger partial charge on any atom is -0.383 e. The fraction of sp³-hybridized carbons (Fsp3) is 0.0909. The number of hydrogen-bond acceptors (Lipinski definition) is 3. The minimum atomic E-state index is 0.368. The molecule has 16 heavy (non-hydrogen) atoms. The van der Waals surface area contributed by atoms with Gasteiger partial charge in [-0.15, -0.1) is 0 Å². The summed E-state index contributed by atoms with van der Waals surface area (Å²) in [6.45, 7) is 0. The van der Waals surface area contributed by atoms with Crippen molar-refractivity contribution in [2.45, 2.75) is 6.42 Å². The Morgan fingerprint density at radius 1 is 1.12 bits per heavy atom. The van der Waals surface area contributed by atoms with Gasteiger partial charge in [-0.25, -0.2) is 9.97 Å². The smallest absolute Gasteiger partial charge is 0.138 e. The number of nitrogens with zero attached hydrogens (tertiary/aromatic N) is 2. The third-order valence-corrected chi connectivity index (χ3v) is 2.95. The standard InChI is InChI=1S/C11H9Cl2N3/c12-9-4-2-1-3-7(9)5-8-10(13)15-6-16-11(8)14/h1-4,6H,5H2,(H2,14,15,16). The van der Waals surface area contributed by atoms with E-state index in [9.17, 15) is 0 Å². The molecule has 2 N–H and O–H groups in total. The van der Waals surface area contributed by atoms with Gasteiger partial charge in [-0.3, -0.25) is 0 Å². The van der Waals surface area contributed by atoms with E-state index in [-0.39, 0.29) is 0 Å². The molecule has 2 aromatic rings. The summed E-state index contributed by atoms with van der Waals surface area (Å²) in [6.07, 6.45) is 1.87. The van der Waals surface area contributed by atoms with Crippen LogP contribution in [-0.2, 0) is 6.42 Å². The first-order chi connectivity index (χ1) is 7.68. The second kappa shape index (κ2) is 4.68. The first-order valence-electron chi connectivity index (χ1n) is 4.66. The Morgan fingerprint density at radius 3 is 2.56 bits per heavy atom. The minimum absolute atomic E-state index is 0.368. The fourth-order valence-electron chi connectivity index (χ4n) is 1.40. The van der Waals surface area contributed by atoms with Crippen LogP contribution >= 0.6 is 23.2 Å². The lowest BCUT2D eigenvalue weighted by atomic mass is 10.1. The van der Waals surface area contributed by atoms with Crippen LogP contribution in [0.25, 0.3) is 0 Å². The number of hydrogen-bond donors (Lipinski definition) is 1. The predicted octanol–water partition coefficient (Wildman–Crippen LogP) is 2.96. The van der Waals surface area contributed by atoms with Crippen molar-refractivity contribution in [1.82, 2.24) is 9.97 Å². The first-order valence-corrected chi connectivity index (χ1v) is 5.42. The predicted molar refractivity (Wildman–Crippen MR) is 65.7 cm³/mol. The van der Waals surface area contributed by atoms with Crippen molar-refractivity contribution in [2.75, 3.05) is 5.73 Å². The summed E-state index contributed by atoms with van der Waals surface area (Å²) in [6, 6.07) is 7.53. The third-order valence-electron chi connectivity index (χ3n) is 2.25. The Labute approximate surface area is 103 Å². The highest BCUT2D eigenvalue weighted by Crippen LogP contribution is 2.24. The normalized spacial score (nSPS) is 10.4. The van der Waals surface area contributed by atoms with Gasteiger partial charge in [0.1, 0.15) is 17.3 Å². The zero-order chi connectivity index (χ0) is 11.5. The first kappa shape index (κ1) is 11.2. The molecule has 1 aromatic heterocycles. The van der Waals surface area contributed by atoms with Crippen LogP contribution in [0.2, 0.25) is 10.2 Å². The van der Waals surface area contributed by atoms with Crippen molar-refractivity contribution < 1.29 is 0 Å². The fourth-order valence-corrected chi connectivity index (χ4v) is 1.81. The molecule has 0 bridgehead atoms. The molecule has 2 rings (SSSR count). The van der Waals surface area contributed by atoms with Crippen LogP contribution in [0, 0.1) is 0 Å². The SMILES string of the molecule is Nc1ncnc(Cl)c1Cc1ccccc1Cl. The van der Waals surface area contributed by atoms with Crippen molar-refractivity contribution in [3.63, 3.8) is 0 Å². The molecule has 1 heterocycles. The molecule has 3 nitrogen and oxygen atoms in total. The van der Waals surface area contributed by atoms with Crippen LogP contribution in [0.3, 0.4) is 0 Å². The van der Waals surface area contributed by atoms with Gasteiger partial charge in [0.05, 0.1) is 0 Å². The maximum absolute atomic E-state index is 6.05. The van der Waals surface area contributed by atoms with E-state index in [2.05, 4.69) is 9.97 Å². The van der Waals surface area contributed by atoms with Gasteiger partial charge in [-0.1, -0.05) is 41.4 Å². The van der Waals surface area contributed by atoms with Crippen molar-refractivity contribution in [2.24, 2.45) is 0 Å². The molecule has 0 spiro atoms. The van der Waals surface area contributed by atoms with Crippen molar-refractivity contribution >= 4 is 29.0 Å². The number of nitrogens with two attached hydrogens (primary N) is 1. The molecule has 0 unspecified atom stereocenters. The summed E-state index contributed by atoms with van der Waals surface area (Å²) in [5.74, 6) is 0.389. The average molecular weight is 254 g/mol. The Kier molecular flexibility index (Phi) is 3.27. The van der Waals surface area contributed by atoms with E-state index in [0.717, 1.165) is 5.56 Å². The molecule has 1 aromatic carbocycles. The molecule has 0 aliphatic carbocycles. The summed E-state index contributed by atoms with van der Waals surface area (Å²) >= 11 is 12.0. The zero-order valence-corrected chi connectivity index (χ0v) is 9.83. The molecule has 0 aliphatic rings. The topological polar surface area (TPSA) is 51.8 Å². The van der Waals surface area contributed by atoms with Crippen molar-refractivity contribution in [3.8, 4) is 0 Å². The van der Waals surface area contributed by atoms with Gasteiger partial charge in [0.15, 0.2) is 0 Å². The Balaban J connectivity index is 2.38. The van der Waals surface area contributed by atoms with Gasteiger partial charge in [0.25, 0.3) is 0 Å². The van der Waals surface area contributed by atoms with Crippen LogP contribution in [0.15, 0.2) is 30.6 Å². The molecule has 0 fully saturated rings. The van der Waals surface area contributed by atoms with E-state index in [4.69, 9.17) is 28.9 Å². The quantitative estimate of drug-likeness (QED) is 0.838. The molecular formula is C11H9Cl2N3. The highest BCUT2D eigenvalue weighted by atomic mass is 35.5. The van der Waals surface area contributed by atoms with Gasteiger partial charge in [0.2, 0.25) is 0 Å². The maximum atomic E-state index is 6.05. The van der Waals surface area contributed by atoms with E-state index in [1.54, 1.807) is 0 Å². The molecule has 0 amide bonds. The second-order valence-corrected chi connectivity index (χ2v) is 4.06.